The maximum Gasteiger partial charge on any atom is 0.129 e. The van der Waals surface area contributed by atoms with Crippen molar-refractivity contribution in [1.29, 1.82) is 0 Å². The molecule has 4 heteroatoms. The predicted octanol–water partition coefficient (Wildman–Crippen LogP) is 1.40. The minimum Gasteiger partial charge on any atom is -0.383 e. The zero-order valence-electron chi connectivity index (χ0n) is 10.3. The summed E-state index contributed by atoms with van der Waals surface area (Å²) in [7, 11) is 1.71. The summed E-state index contributed by atoms with van der Waals surface area (Å²) >= 11 is 0. The minimum atomic E-state index is 0.399. The van der Waals surface area contributed by atoms with Crippen molar-refractivity contribution in [2.45, 2.75) is 26.4 Å². The molecular weight excluding hydrogens is 202 g/mol. The number of hydrogen-bond donors (Lipinski definition) is 1. The van der Waals surface area contributed by atoms with Gasteiger partial charge in [0.2, 0.25) is 0 Å². The Morgan fingerprint density at radius 3 is 2.81 bits per heavy atom. The van der Waals surface area contributed by atoms with Crippen LogP contribution >= 0.6 is 0 Å². The van der Waals surface area contributed by atoms with Crippen molar-refractivity contribution in [1.82, 2.24) is 4.98 Å². The molecule has 0 saturated carbocycles. The van der Waals surface area contributed by atoms with Crippen LogP contribution in [0.3, 0.4) is 0 Å². The number of anilines is 1. The first-order chi connectivity index (χ1) is 7.69. The van der Waals surface area contributed by atoms with E-state index in [1.165, 1.54) is 0 Å². The average Bonchev–Trinajstić information content (AvgIpc) is 2.29. The molecule has 0 unspecified atom stereocenters. The van der Waals surface area contributed by atoms with E-state index in [1.54, 1.807) is 13.3 Å². The molecule has 90 valence electrons. The van der Waals surface area contributed by atoms with Crippen LogP contribution in [-0.4, -0.2) is 31.3 Å². The van der Waals surface area contributed by atoms with Crippen LogP contribution in [0.5, 0.6) is 0 Å². The molecule has 16 heavy (non-hydrogen) atoms. The highest BCUT2D eigenvalue weighted by Crippen LogP contribution is 2.15. The van der Waals surface area contributed by atoms with Gasteiger partial charge in [-0.25, -0.2) is 4.98 Å². The van der Waals surface area contributed by atoms with Crippen molar-refractivity contribution in [3.63, 3.8) is 0 Å². The molecule has 0 aliphatic rings. The van der Waals surface area contributed by atoms with Gasteiger partial charge in [0.25, 0.3) is 0 Å². The van der Waals surface area contributed by atoms with Gasteiger partial charge in [0.1, 0.15) is 5.82 Å². The van der Waals surface area contributed by atoms with Gasteiger partial charge in [-0.3, -0.25) is 0 Å². The van der Waals surface area contributed by atoms with E-state index >= 15 is 0 Å². The molecule has 0 amide bonds. The molecule has 1 aromatic rings. The van der Waals surface area contributed by atoms with E-state index < -0.39 is 0 Å². The third kappa shape index (κ3) is 3.47. The fourth-order valence-electron chi connectivity index (χ4n) is 1.57. The number of nitrogens with two attached hydrogens (primary N) is 1. The van der Waals surface area contributed by atoms with Crippen LogP contribution in [0, 0.1) is 0 Å². The molecule has 2 N–H and O–H groups in total. The molecule has 1 aromatic heterocycles. The average molecular weight is 223 g/mol. The Bertz CT molecular complexity index is 315. The second-order valence-electron chi connectivity index (χ2n) is 4.01. The Labute approximate surface area is 97.4 Å². The summed E-state index contributed by atoms with van der Waals surface area (Å²) in [5, 5.41) is 0. The van der Waals surface area contributed by atoms with Crippen molar-refractivity contribution in [3.8, 4) is 0 Å². The molecule has 0 aromatic carbocycles. The van der Waals surface area contributed by atoms with Gasteiger partial charge in [-0.15, -0.1) is 0 Å². The Kier molecular flexibility index (Phi) is 5.22. The van der Waals surface area contributed by atoms with Gasteiger partial charge in [-0.1, -0.05) is 0 Å². The molecule has 0 bridgehead atoms. The van der Waals surface area contributed by atoms with Crippen molar-refractivity contribution < 1.29 is 4.74 Å². The SMILES string of the molecule is COCCN(c1cc(CN)ccn1)C(C)C. The lowest BCUT2D eigenvalue weighted by atomic mass is 10.2. The fraction of sp³-hybridized carbons (Fsp3) is 0.583. The van der Waals surface area contributed by atoms with E-state index in [0.717, 1.165) is 17.9 Å². The van der Waals surface area contributed by atoms with Crippen LogP contribution < -0.4 is 10.6 Å². The topological polar surface area (TPSA) is 51.4 Å². The molecule has 0 saturated heterocycles. The quantitative estimate of drug-likeness (QED) is 0.792. The monoisotopic (exact) mass is 223 g/mol. The second-order valence-corrected chi connectivity index (χ2v) is 4.01. The summed E-state index contributed by atoms with van der Waals surface area (Å²) < 4.78 is 5.11. The molecular formula is C12H21N3O. The Balaban J connectivity index is 2.82. The Morgan fingerprint density at radius 2 is 2.25 bits per heavy atom. The molecule has 1 heterocycles. The summed E-state index contributed by atoms with van der Waals surface area (Å²) in [5.41, 5.74) is 6.73. The number of nitrogens with zero attached hydrogens (tertiary/aromatic N) is 2. The molecule has 0 spiro atoms. The third-order valence-electron chi connectivity index (χ3n) is 2.50. The number of pyridine rings is 1. The van der Waals surface area contributed by atoms with Crippen LogP contribution in [0.15, 0.2) is 18.3 Å². The maximum absolute atomic E-state index is 5.62. The molecule has 1 rings (SSSR count). The Hall–Kier alpha value is -1.13. The van der Waals surface area contributed by atoms with E-state index in [2.05, 4.69) is 23.7 Å². The van der Waals surface area contributed by atoms with Crippen LogP contribution in [0.1, 0.15) is 19.4 Å². The van der Waals surface area contributed by atoms with E-state index in [4.69, 9.17) is 10.5 Å². The summed E-state index contributed by atoms with van der Waals surface area (Å²) in [6.07, 6.45) is 1.81. The van der Waals surface area contributed by atoms with Crippen molar-refractivity contribution in [3.05, 3.63) is 23.9 Å². The predicted molar refractivity (Wildman–Crippen MR) is 66.5 cm³/mol. The number of ether oxygens (including phenoxy) is 1. The van der Waals surface area contributed by atoms with Gasteiger partial charge >= 0.3 is 0 Å². The second kappa shape index (κ2) is 6.45. The van der Waals surface area contributed by atoms with E-state index in [1.807, 2.05) is 12.1 Å². The minimum absolute atomic E-state index is 0.399. The number of aromatic nitrogens is 1. The highest BCUT2D eigenvalue weighted by molar-refractivity contribution is 5.41. The largest absolute Gasteiger partial charge is 0.383 e. The van der Waals surface area contributed by atoms with Gasteiger partial charge in [-0.05, 0) is 31.5 Å². The number of rotatable bonds is 6. The van der Waals surface area contributed by atoms with Crippen LogP contribution in [0.25, 0.3) is 0 Å². The molecule has 0 radical (unpaired) electrons. The summed E-state index contributed by atoms with van der Waals surface area (Å²) in [4.78, 5) is 6.59. The number of methoxy groups -OCH3 is 1. The van der Waals surface area contributed by atoms with Gasteiger partial charge < -0.3 is 15.4 Å². The first-order valence-electron chi connectivity index (χ1n) is 5.59. The smallest absolute Gasteiger partial charge is 0.129 e. The lowest BCUT2D eigenvalue weighted by Crippen LogP contribution is -2.34. The van der Waals surface area contributed by atoms with E-state index in [-0.39, 0.29) is 0 Å². The molecule has 0 atom stereocenters. The van der Waals surface area contributed by atoms with E-state index in [9.17, 15) is 0 Å². The van der Waals surface area contributed by atoms with Gasteiger partial charge in [0, 0.05) is 32.4 Å². The zero-order valence-corrected chi connectivity index (χ0v) is 10.3. The normalized spacial score (nSPS) is 10.8. The van der Waals surface area contributed by atoms with E-state index in [0.29, 0.717) is 19.2 Å². The standard InChI is InChI=1S/C12H21N3O/c1-10(2)15(6-7-16-3)12-8-11(9-13)4-5-14-12/h4-5,8,10H,6-7,9,13H2,1-3H3. The van der Waals surface area contributed by atoms with Gasteiger partial charge in [0.05, 0.1) is 6.61 Å². The van der Waals surface area contributed by atoms with Crippen molar-refractivity contribution in [2.75, 3.05) is 25.2 Å². The number of hydrogen-bond acceptors (Lipinski definition) is 4. The van der Waals surface area contributed by atoms with Crippen LogP contribution in [-0.2, 0) is 11.3 Å². The molecule has 0 aliphatic heterocycles. The summed E-state index contributed by atoms with van der Waals surface area (Å²) in [5.74, 6) is 0.968. The fourth-order valence-corrected chi connectivity index (χ4v) is 1.57. The van der Waals surface area contributed by atoms with Crippen LogP contribution in [0.2, 0.25) is 0 Å². The third-order valence-corrected chi connectivity index (χ3v) is 2.50. The maximum atomic E-state index is 5.62. The van der Waals surface area contributed by atoms with Crippen molar-refractivity contribution >= 4 is 5.82 Å². The molecule has 0 aliphatic carbocycles. The summed E-state index contributed by atoms with van der Waals surface area (Å²) in [6.45, 7) is 6.38. The highest BCUT2D eigenvalue weighted by atomic mass is 16.5. The Morgan fingerprint density at radius 1 is 1.50 bits per heavy atom. The van der Waals surface area contributed by atoms with Crippen molar-refractivity contribution in [2.24, 2.45) is 5.73 Å². The first kappa shape index (κ1) is 12.9. The first-order valence-corrected chi connectivity index (χ1v) is 5.59. The van der Waals surface area contributed by atoms with Crippen LogP contribution in [0.4, 0.5) is 5.82 Å². The molecule has 4 nitrogen and oxygen atoms in total. The summed E-state index contributed by atoms with van der Waals surface area (Å²) in [6, 6.07) is 4.38. The van der Waals surface area contributed by atoms with Gasteiger partial charge in [-0.2, -0.15) is 0 Å². The molecule has 0 fully saturated rings. The highest BCUT2D eigenvalue weighted by Gasteiger charge is 2.11. The zero-order chi connectivity index (χ0) is 12.0. The lowest BCUT2D eigenvalue weighted by Gasteiger charge is -2.27. The lowest BCUT2D eigenvalue weighted by molar-refractivity contribution is 0.203. The van der Waals surface area contributed by atoms with Gasteiger partial charge in [0.15, 0.2) is 0 Å².